The average Bonchev–Trinajstić information content (AvgIpc) is 2.61. The van der Waals surface area contributed by atoms with E-state index in [1.165, 1.54) is 0 Å². The SMILES string of the molecule is COc1ccccc1N=Nc1c(C)nc(N)nc1-c1ccccc1. The number of ether oxygens (including phenoxy) is 1. The highest BCUT2D eigenvalue weighted by atomic mass is 16.5. The monoisotopic (exact) mass is 319 g/mol. The van der Waals surface area contributed by atoms with E-state index in [0.29, 0.717) is 28.5 Å². The van der Waals surface area contributed by atoms with Crippen molar-refractivity contribution >= 4 is 17.3 Å². The largest absolute Gasteiger partial charge is 0.494 e. The van der Waals surface area contributed by atoms with Gasteiger partial charge in [-0.05, 0) is 19.1 Å². The van der Waals surface area contributed by atoms with E-state index in [1.807, 2.05) is 61.5 Å². The molecule has 2 aromatic carbocycles. The Labute approximate surface area is 140 Å². The molecule has 0 fully saturated rings. The number of azo groups is 1. The van der Waals surface area contributed by atoms with Crippen molar-refractivity contribution in [2.75, 3.05) is 12.8 Å². The van der Waals surface area contributed by atoms with E-state index >= 15 is 0 Å². The molecule has 0 saturated carbocycles. The molecule has 1 aromatic heterocycles. The first kappa shape index (κ1) is 15.6. The lowest BCUT2D eigenvalue weighted by atomic mass is 10.1. The summed E-state index contributed by atoms with van der Waals surface area (Å²) in [7, 11) is 1.60. The van der Waals surface area contributed by atoms with Crippen LogP contribution in [0, 0.1) is 6.92 Å². The van der Waals surface area contributed by atoms with Crippen molar-refractivity contribution in [1.82, 2.24) is 9.97 Å². The molecular formula is C18H17N5O. The van der Waals surface area contributed by atoms with Crippen molar-refractivity contribution in [1.29, 1.82) is 0 Å². The summed E-state index contributed by atoms with van der Waals surface area (Å²) in [6.45, 7) is 1.83. The predicted molar refractivity (Wildman–Crippen MR) is 93.8 cm³/mol. The highest BCUT2D eigenvalue weighted by molar-refractivity contribution is 5.74. The van der Waals surface area contributed by atoms with Crippen LogP contribution in [-0.4, -0.2) is 17.1 Å². The molecule has 0 atom stereocenters. The smallest absolute Gasteiger partial charge is 0.220 e. The summed E-state index contributed by atoms with van der Waals surface area (Å²) in [4.78, 5) is 8.54. The molecule has 6 heteroatoms. The molecule has 0 spiro atoms. The van der Waals surface area contributed by atoms with E-state index in [4.69, 9.17) is 10.5 Å². The maximum absolute atomic E-state index is 5.80. The van der Waals surface area contributed by atoms with Crippen molar-refractivity contribution in [2.45, 2.75) is 6.92 Å². The fourth-order valence-corrected chi connectivity index (χ4v) is 2.32. The fraction of sp³-hybridized carbons (Fsp3) is 0.111. The van der Waals surface area contributed by atoms with Gasteiger partial charge in [-0.15, -0.1) is 10.2 Å². The first-order chi connectivity index (χ1) is 11.7. The fourth-order valence-electron chi connectivity index (χ4n) is 2.32. The first-order valence-electron chi connectivity index (χ1n) is 7.43. The zero-order valence-electron chi connectivity index (χ0n) is 13.5. The molecule has 0 amide bonds. The second-order valence-corrected chi connectivity index (χ2v) is 5.10. The molecule has 0 radical (unpaired) electrons. The quantitative estimate of drug-likeness (QED) is 0.719. The van der Waals surface area contributed by atoms with Gasteiger partial charge in [0, 0.05) is 5.56 Å². The second kappa shape index (κ2) is 6.87. The van der Waals surface area contributed by atoms with Gasteiger partial charge in [-0.1, -0.05) is 42.5 Å². The van der Waals surface area contributed by atoms with E-state index in [-0.39, 0.29) is 5.95 Å². The number of aromatic nitrogens is 2. The number of methoxy groups -OCH3 is 1. The summed E-state index contributed by atoms with van der Waals surface area (Å²) < 4.78 is 5.29. The van der Waals surface area contributed by atoms with Gasteiger partial charge in [0.25, 0.3) is 0 Å². The van der Waals surface area contributed by atoms with E-state index in [0.717, 1.165) is 5.56 Å². The number of hydrogen-bond donors (Lipinski definition) is 1. The lowest BCUT2D eigenvalue weighted by Gasteiger charge is -2.08. The van der Waals surface area contributed by atoms with Crippen LogP contribution in [0.1, 0.15) is 5.69 Å². The van der Waals surface area contributed by atoms with Crippen LogP contribution in [0.4, 0.5) is 17.3 Å². The van der Waals surface area contributed by atoms with E-state index in [9.17, 15) is 0 Å². The lowest BCUT2D eigenvalue weighted by Crippen LogP contribution is -1.99. The number of benzene rings is 2. The minimum atomic E-state index is 0.211. The Hall–Kier alpha value is -3.28. The molecule has 0 unspecified atom stereocenters. The Morgan fingerprint density at radius 2 is 1.62 bits per heavy atom. The number of aryl methyl sites for hydroxylation is 1. The van der Waals surface area contributed by atoms with Crippen LogP contribution in [0.2, 0.25) is 0 Å². The molecule has 0 aliphatic rings. The topological polar surface area (TPSA) is 85.8 Å². The molecule has 0 bridgehead atoms. The molecule has 24 heavy (non-hydrogen) atoms. The van der Waals surface area contributed by atoms with Gasteiger partial charge in [0.15, 0.2) is 0 Å². The zero-order chi connectivity index (χ0) is 16.9. The normalized spacial score (nSPS) is 10.9. The van der Waals surface area contributed by atoms with Gasteiger partial charge in [-0.3, -0.25) is 0 Å². The van der Waals surface area contributed by atoms with Crippen LogP contribution in [0.25, 0.3) is 11.3 Å². The van der Waals surface area contributed by atoms with Crippen LogP contribution in [0.3, 0.4) is 0 Å². The molecule has 3 rings (SSSR count). The molecule has 6 nitrogen and oxygen atoms in total. The van der Waals surface area contributed by atoms with Crippen molar-refractivity contribution in [3.05, 3.63) is 60.3 Å². The first-order valence-corrected chi connectivity index (χ1v) is 7.43. The van der Waals surface area contributed by atoms with Crippen LogP contribution in [0.5, 0.6) is 5.75 Å². The number of nitrogen functional groups attached to an aromatic ring is 1. The Balaban J connectivity index is 2.09. The molecule has 0 saturated heterocycles. The Morgan fingerprint density at radius 1 is 0.917 bits per heavy atom. The Kier molecular flexibility index (Phi) is 4.47. The summed E-state index contributed by atoms with van der Waals surface area (Å²) in [6, 6.07) is 17.1. The van der Waals surface area contributed by atoms with Gasteiger partial charge in [0.1, 0.15) is 22.8 Å². The number of nitrogens with two attached hydrogens (primary N) is 1. The molecule has 1 heterocycles. The molecule has 3 aromatic rings. The maximum atomic E-state index is 5.80. The van der Waals surface area contributed by atoms with Gasteiger partial charge >= 0.3 is 0 Å². The number of rotatable bonds is 4. The molecule has 2 N–H and O–H groups in total. The maximum Gasteiger partial charge on any atom is 0.220 e. The number of para-hydroxylation sites is 1. The summed E-state index contributed by atoms with van der Waals surface area (Å²) in [6.07, 6.45) is 0. The average molecular weight is 319 g/mol. The van der Waals surface area contributed by atoms with Gasteiger partial charge in [-0.25, -0.2) is 9.97 Å². The third-order valence-corrected chi connectivity index (χ3v) is 3.47. The second-order valence-electron chi connectivity index (χ2n) is 5.10. The van der Waals surface area contributed by atoms with Crippen LogP contribution in [0.15, 0.2) is 64.8 Å². The highest BCUT2D eigenvalue weighted by Crippen LogP contribution is 2.34. The molecule has 0 aliphatic carbocycles. The molecule has 0 aliphatic heterocycles. The third kappa shape index (κ3) is 3.22. The summed E-state index contributed by atoms with van der Waals surface area (Å²) in [5.74, 6) is 0.860. The van der Waals surface area contributed by atoms with Crippen molar-refractivity contribution in [3.8, 4) is 17.0 Å². The number of hydrogen-bond acceptors (Lipinski definition) is 6. The number of nitrogens with zero attached hydrogens (tertiary/aromatic N) is 4. The Morgan fingerprint density at radius 3 is 2.38 bits per heavy atom. The molecule has 120 valence electrons. The van der Waals surface area contributed by atoms with Gasteiger partial charge < -0.3 is 10.5 Å². The van der Waals surface area contributed by atoms with Gasteiger partial charge in [0.2, 0.25) is 5.95 Å². The minimum absolute atomic E-state index is 0.211. The molecular weight excluding hydrogens is 302 g/mol. The minimum Gasteiger partial charge on any atom is -0.494 e. The predicted octanol–water partition coefficient (Wildman–Crippen LogP) is 4.46. The number of anilines is 1. The summed E-state index contributed by atoms with van der Waals surface area (Å²) >= 11 is 0. The van der Waals surface area contributed by atoms with Crippen molar-refractivity contribution < 1.29 is 4.74 Å². The standard InChI is InChI=1S/C18H17N5O/c1-12-16(23-22-14-10-6-7-11-15(14)24-2)17(21-18(19)20-12)13-8-4-3-5-9-13/h3-11H,1-2H3,(H2,19,20,21). The Bertz CT molecular complexity index is 878. The van der Waals surface area contributed by atoms with Gasteiger partial charge in [-0.2, -0.15) is 0 Å². The van der Waals surface area contributed by atoms with E-state index in [1.54, 1.807) is 7.11 Å². The van der Waals surface area contributed by atoms with Crippen LogP contribution >= 0.6 is 0 Å². The van der Waals surface area contributed by atoms with Crippen LogP contribution < -0.4 is 10.5 Å². The van der Waals surface area contributed by atoms with E-state index in [2.05, 4.69) is 20.2 Å². The third-order valence-electron chi connectivity index (χ3n) is 3.47. The van der Waals surface area contributed by atoms with Crippen LogP contribution in [-0.2, 0) is 0 Å². The van der Waals surface area contributed by atoms with Gasteiger partial charge in [0.05, 0.1) is 12.8 Å². The van der Waals surface area contributed by atoms with Crippen molar-refractivity contribution in [2.24, 2.45) is 10.2 Å². The zero-order valence-corrected chi connectivity index (χ0v) is 13.5. The van der Waals surface area contributed by atoms with Crippen molar-refractivity contribution in [3.63, 3.8) is 0 Å². The lowest BCUT2D eigenvalue weighted by molar-refractivity contribution is 0.416. The summed E-state index contributed by atoms with van der Waals surface area (Å²) in [5.41, 5.74) is 9.25. The van der Waals surface area contributed by atoms with E-state index < -0.39 is 0 Å². The summed E-state index contributed by atoms with van der Waals surface area (Å²) in [5, 5.41) is 8.67. The highest BCUT2D eigenvalue weighted by Gasteiger charge is 2.12.